The van der Waals surface area contributed by atoms with Crippen LogP contribution in [0.15, 0.2) is 40.8 Å². The Balaban J connectivity index is 1.84. The second kappa shape index (κ2) is 6.71. The highest BCUT2D eigenvalue weighted by molar-refractivity contribution is 6.07. The molecule has 6 heteroatoms. The van der Waals surface area contributed by atoms with E-state index in [1.54, 1.807) is 26.8 Å². The van der Waals surface area contributed by atoms with Gasteiger partial charge in [-0.15, -0.1) is 0 Å². The SMILES string of the molecule is COc1cc2c(cc1NC(=O)COC(=O)C(C)(C)C)oc1ccccc12. The molecule has 1 N–H and O–H groups in total. The fourth-order valence-corrected chi connectivity index (χ4v) is 2.55. The molecule has 0 bridgehead atoms. The third kappa shape index (κ3) is 3.49. The number of rotatable bonds is 4. The summed E-state index contributed by atoms with van der Waals surface area (Å²) in [6, 6.07) is 11.2. The number of ether oxygens (including phenoxy) is 2. The van der Waals surface area contributed by atoms with Gasteiger partial charge in [-0.05, 0) is 32.9 Å². The molecule has 0 spiro atoms. The minimum atomic E-state index is -0.662. The number of carbonyl (C=O) groups excluding carboxylic acids is 2. The number of para-hydroxylation sites is 1. The van der Waals surface area contributed by atoms with Crippen molar-refractivity contribution in [2.45, 2.75) is 20.8 Å². The first-order valence-electron chi connectivity index (χ1n) is 8.26. The Labute approximate surface area is 151 Å². The first kappa shape index (κ1) is 17.8. The molecule has 26 heavy (non-hydrogen) atoms. The number of hydrogen-bond acceptors (Lipinski definition) is 5. The lowest BCUT2D eigenvalue weighted by Crippen LogP contribution is -2.28. The van der Waals surface area contributed by atoms with Crippen molar-refractivity contribution in [3.8, 4) is 5.75 Å². The number of nitrogens with one attached hydrogen (secondary N) is 1. The van der Waals surface area contributed by atoms with Crippen LogP contribution in [0.2, 0.25) is 0 Å². The van der Waals surface area contributed by atoms with Crippen LogP contribution in [0.25, 0.3) is 21.9 Å². The Morgan fingerprint density at radius 3 is 2.50 bits per heavy atom. The topological polar surface area (TPSA) is 77.8 Å². The van der Waals surface area contributed by atoms with Gasteiger partial charge in [-0.25, -0.2) is 0 Å². The molecule has 1 amide bonds. The first-order valence-corrected chi connectivity index (χ1v) is 8.26. The summed E-state index contributed by atoms with van der Waals surface area (Å²) in [7, 11) is 1.53. The zero-order valence-corrected chi connectivity index (χ0v) is 15.2. The molecule has 1 heterocycles. The second-order valence-corrected chi connectivity index (χ2v) is 7.02. The molecule has 3 aromatic rings. The number of fused-ring (bicyclic) bond motifs is 3. The van der Waals surface area contributed by atoms with Crippen LogP contribution >= 0.6 is 0 Å². The number of methoxy groups -OCH3 is 1. The monoisotopic (exact) mass is 355 g/mol. The second-order valence-electron chi connectivity index (χ2n) is 7.02. The Hall–Kier alpha value is -3.02. The molecule has 136 valence electrons. The van der Waals surface area contributed by atoms with Crippen molar-refractivity contribution < 1.29 is 23.5 Å². The lowest BCUT2D eigenvalue weighted by molar-refractivity contribution is -0.155. The van der Waals surface area contributed by atoms with Crippen LogP contribution in [0.4, 0.5) is 5.69 Å². The molecule has 3 rings (SSSR count). The average molecular weight is 355 g/mol. The summed E-state index contributed by atoms with van der Waals surface area (Å²) in [4.78, 5) is 23.9. The maximum absolute atomic E-state index is 12.1. The van der Waals surface area contributed by atoms with E-state index < -0.39 is 17.3 Å². The van der Waals surface area contributed by atoms with E-state index in [-0.39, 0.29) is 6.61 Å². The highest BCUT2D eigenvalue weighted by Gasteiger charge is 2.24. The summed E-state index contributed by atoms with van der Waals surface area (Å²) in [6.07, 6.45) is 0. The lowest BCUT2D eigenvalue weighted by atomic mass is 9.97. The van der Waals surface area contributed by atoms with E-state index in [9.17, 15) is 9.59 Å². The number of hydrogen-bond donors (Lipinski definition) is 1. The number of furan rings is 1. The number of carbonyl (C=O) groups is 2. The van der Waals surface area contributed by atoms with Crippen LogP contribution in [0, 0.1) is 5.41 Å². The highest BCUT2D eigenvalue weighted by Crippen LogP contribution is 2.36. The Kier molecular flexibility index (Phi) is 4.59. The van der Waals surface area contributed by atoms with Crippen molar-refractivity contribution in [1.29, 1.82) is 0 Å². The van der Waals surface area contributed by atoms with Crippen LogP contribution in [0.1, 0.15) is 20.8 Å². The number of benzene rings is 2. The Bertz CT molecular complexity index is 981. The zero-order chi connectivity index (χ0) is 18.9. The number of esters is 1. The standard InChI is InChI=1S/C20H21NO5/c1-20(2,3)19(23)25-11-18(22)21-14-10-16-13(9-17(14)24-4)12-7-5-6-8-15(12)26-16/h5-10H,11H2,1-4H3,(H,21,22). The van der Waals surface area contributed by atoms with E-state index in [0.29, 0.717) is 17.0 Å². The van der Waals surface area contributed by atoms with Crippen molar-refractivity contribution in [2.24, 2.45) is 5.41 Å². The Morgan fingerprint density at radius 1 is 1.08 bits per heavy atom. The zero-order valence-electron chi connectivity index (χ0n) is 15.2. The molecule has 0 aliphatic heterocycles. The predicted molar refractivity (Wildman–Crippen MR) is 99.3 cm³/mol. The fraction of sp³-hybridized carbons (Fsp3) is 0.300. The molecule has 0 atom stereocenters. The highest BCUT2D eigenvalue weighted by atomic mass is 16.5. The molecule has 0 fully saturated rings. The molecule has 6 nitrogen and oxygen atoms in total. The molecule has 1 aromatic heterocycles. The summed E-state index contributed by atoms with van der Waals surface area (Å²) in [5.74, 6) is -0.386. The molecule has 0 saturated carbocycles. The van der Waals surface area contributed by atoms with E-state index in [2.05, 4.69) is 5.32 Å². The molecule has 0 unspecified atom stereocenters. The van der Waals surface area contributed by atoms with Gasteiger partial charge >= 0.3 is 5.97 Å². The smallest absolute Gasteiger partial charge is 0.311 e. The predicted octanol–water partition coefficient (Wildman–Crippen LogP) is 4.12. The largest absolute Gasteiger partial charge is 0.495 e. The van der Waals surface area contributed by atoms with Gasteiger partial charge in [0, 0.05) is 16.8 Å². The fourth-order valence-electron chi connectivity index (χ4n) is 2.55. The van der Waals surface area contributed by atoms with Gasteiger partial charge in [-0.3, -0.25) is 9.59 Å². The van der Waals surface area contributed by atoms with Gasteiger partial charge in [0.15, 0.2) is 6.61 Å². The summed E-state index contributed by atoms with van der Waals surface area (Å²) in [5.41, 5.74) is 1.18. The van der Waals surface area contributed by atoms with Gasteiger partial charge in [-0.1, -0.05) is 18.2 Å². The molecule has 0 saturated heterocycles. The third-order valence-electron chi connectivity index (χ3n) is 3.92. The molecule has 2 aromatic carbocycles. The van der Waals surface area contributed by atoms with Gasteiger partial charge in [0.25, 0.3) is 5.91 Å². The minimum Gasteiger partial charge on any atom is -0.495 e. The molecule has 0 aliphatic carbocycles. The van der Waals surface area contributed by atoms with Crippen LogP contribution in [-0.4, -0.2) is 25.6 Å². The normalized spacial score (nSPS) is 11.5. The summed E-state index contributed by atoms with van der Waals surface area (Å²) in [5, 5.41) is 4.57. The van der Waals surface area contributed by atoms with Gasteiger partial charge in [-0.2, -0.15) is 0 Å². The van der Waals surface area contributed by atoms with Gasteiger partial charge < -0.3 is 19.2 Å². The summed E-state index contributed by atoms with van der Waals surface area (Å²) < 4.78 is 16.2. The van der Waals surface area contributed by atoms with Crippen molar-refractivity contribution >= 4 is 39.5 Å². The summed E-state index contributed by atoms with van der Waals surface area (Å²) in [6.45, 7) is 4.82. The lowest BCUT2D eigenvalue weighted by Gasteiger charge is -2.16. The maximum Gasteiger partial charge on any atom is 0.311 e. The van der Waals surface area contributed by atoms with E-state index in [1.807, 2.05) is 30.3 Å². The van der Waals surface area contributed by atoms with E-state index in [4.69, 9.17) is 13.9 Å². The van der Waals surface area contributed by atoms with Crippen molar-refractivity contribution in [2.75, 3.05) is 19.0 Å². The summed E-state index contributed by atoms with van der Waals surface area (Å²) >= 11 is 0. The van der Waals surface area contributed by atoms with E-state index in [1.165, 1.54) is 7.11 Å². The number of amides is 1. The van der Waals surface area contributed by atoms with Crippen LogP contribution < -0.4 is 10.1 Å². The molecule has 0 radical (unpaired) electrons. The van der Waals surface area contributed by atoms with Crippen molar-refractivity contribution in [3.63, 3.8) is 0 Å². The third-order valence-corrected chi connectivity index (χ3v) is 3.92. The van der Waals surface area contributed by atoms with Gasteiger partial charge in [0.05, 0.1) is 18.2 Å². The first-order chi connectivity index (χ1) is 12.3. The quantitative estimate of drug-likeness (QED) is 0.712. The van der Waals surface area contributed by atoms with Crippen LogP contribution in [0.3, 0.4) is 0 Å². The molecular formula is C20H21NO5. The van der Waals surface area contributed by atoms with E-state index >= 15 is 0 Å². The van der Waals surface area contributed by atoms with Gasteiger partial charge in [0.2, 0.25) is 0 Å². The van der Waals surface area contributed by atoms with Crippen LogP contribution in [0.5, 0.6) is 5.75 Å². The van der Waals surface area contributed by atoms with E-state index in [0.717, 1.165) is 16.4 Å². The number of anilines is 1. The Morgan fingerprint density at radius 2 is 1.81 bits per heavy atom. The minimum absolute atomic E-state index is 0.364. The maximum atomic E-state index is 12.1. The average Bonchev–Trinajstić information content (AvgIpc) is 2.95. The van der Waals surface area contributed by atoms with Crippen molar-refractivity contribution in [3.05, 3.63) is 36.4 Å². The molecular weight excluding hydrogens is 334 g/mol. The van der Waals surface area contributed by atoms with Crippen molar-refractivity contribution in [1.82, 2.24) is 0 Å². The molecule has 0 aliphatic rings. The van der Waals surface area contributed by atoms with Crippen LogP contribution in [-0.2, 0) is 14.3 Å². The van der Waals surface area contributed by atoms with Gasteiger partial charge in [0.1, 0.15) is 16.9 Å².